The van der Waals surface area contributed by atoms with Crippen LogP contribution in [0, 0.1) is 4.84 Å². The zero-order valence-electron chi connectivity index (χ0n) is 16.0. The van der Waals surface area contributed by atoms with Gasteiger partial charge in [-0.2, -0.15) is 0 Å². The average Bonchev–Trinajstić information content (AvgIpc) is 3.11. The molecular formula is C19H21N3O5S. The SMILES string of the molecule is COc1cccc(NCn2nc(-c3cc(OC)c(OC)c(OC)c3)oc2=S)c1. The minimum absolute atomic E-state index is 0.235. The molecule has 1 heterocycles. The van der Waals surface area contributed by atoms with Crippen LogP contribution in [-0.4, -0.2) is 38.2 Å². The number of hydrogen-bond donors (Lipinski definition) is 1. The van der Waals surface area contributed by atoms with E-state index in [4.69, 9.17) is 35.6 Å². The van der Waals surface area contributed by atoms with Crippen LogP contribution in [0.1, 0.15) is 0 Å². The molecule has 8 nitrogen and oxygen atoms in total. The van der Waals surface area contributed by atoms with Gasteiger partial charge in [0.2, 0.25) is 11.6 Å². The minimum atomic E-state index is 0.235. The van der Waals surface area contributed by atoms with Crippen molar-refractivity contribution in [2.45, 2.75) is 6.67 Å². The predicted molar refractivity (Wildman–Crippen MR) is 107 cm³/mol. The Balaban J connectivity index is 1.86. The van der Waals surface area contributed by atoms with Crippen molar-refractivity contribution in [3.8, 4) is 34.5 Å². The second kappa shape index (κ2) is 8.66. The van der Waals surface area contributed by atoms with Gasteiger partial charge in [-0.1, -0.05) is 6.07 Å². The van der Waals surface area contributed by atoms with Crippen LogP contribution in [0.25, 0.3) is 11.5 Å². The number of ether oxygens (including phenoxy) is 4. The Kier molecular flexibility index (Phi) is 6.05. The van der Waals surface area contributed by atoms with Crippen molar-refractivity contribution in [3.63, 3.8) is 0 Å². The van der Waals surface area contributed by atoms with Crippen molar-refractivity contribution in [2.75, 3.05) is 33.8 Å². The fourth-order valence-electron chi connectivity index (χ4n) is 2.63. The number of methoxy groups -OCH3 is 4. The van der Waals surface area contributed by atoms with Crippen molar-refractivity contribution in [1.82, 2.24) is 9.78 Å². The Morgan fingerprint density at radius 1 is 1.00 bits per heavy atom. The van der Waals surface area contributed by atoms with Crippen LogP contribution in [0.4, 0.5) is 5.69 Å². The molecule has 0 saturated heterocycles. The molecular weight excluding hydrogens is 382 g/mol. The number of rotatable bonds is 8. The first kappa shape index (κ1) is 19.6. The van der Waals surface area contributed by atoms with Crippen LogP contribution in [0.15, 0.2) is 40.8 Å². The number of anilines is 1. The quantitative estimate of drug-likeness (QED) is 0.566. The first-order chi connectivity index (χ1) is 13.6. The Morgan fingerprint density at radius 3 is 2.32 bits per heavy atom. The third-order valence-electron chi connectivity index (χ3n) is 4.02. The highest BCUT2D eigenvalue weighted by atomic mass is 32.1. The number of hydrogen-bond acceptors (Lipinski definition) is 8. The van der Waals surface area contributed by atoms with E-state index in [2.05, 4.69) is 10.4 Å². The fourth-order valence-corrected chi connectivity index (χ4v) is 2.81. The summed E-state index contributed by atoms with van der Waals surface area (Å²) in [4.78, 5) is 0.235. The summed E-state index contributed by atoms with van der Waals surface area (Å²) in [6, 6.07) is 11.1. The molecule has 1 aromatic heterocycles. The number of aromatic nitrogens is 2. The molecule has 0 radical (unpaired) electrons. The molecule has 0 bridgehead atoms. The lowest BCUT2D eigenvalue weighted by atomic mass is 10.2. The van der Waals surface area contributed by atoms with Crippen molar-refractivity contribution in [3.05, 3.63) is 41.2 Å². The topological polar surface area (TPSA) is 79.9 Å². The first-order valence-electron chi connectivity index (χ1n) is 8.35. The van der Waals surface area contributed by atoms with Gasteiger partial charge >= 0.3 is 0 Å². The van der Waals surface area contributed by atoms with E-state index < -0.39 is 0 Å². The molecule has 9 heteroatoms. The van der Waals surface area contributed by atoms with Crippen molar-refractivity contribution < 1.29 is 23.4 Å². The Bertz CT molecular complexity index is 990. The van der Waals surface area contributed by atoms with Gasteiger partial charge in [-0.3, -0.25) is 0 Å². The largest absolute Gasteiger partial charge is 0.497 e. The molecule has 0 aliphatic rings. The summed E-state index contributed by atoms with van der Waals surface area (Å²) in [6.45, 7) is 0.333. The summed E-state index contributed by atoms with van der Waals surface area (Å²) in [5.74, 6) is 2.60. The van der Waals surface area contributed by atoms with E-state index >= 15 is 0 Å². The van der Waals surface area contributed by atoms with Gasteiger partial charge in [0.05, 0.1) is 28.4 Å². The maximum Gasteiger partial charge on any atom is 0.289 e. The highest BCUT2D eigenvalue weighted by molar-refractivity contribution is 7.71. The molecule has 1 N–H and O–H groups in total. The smallest absolute Gasteiger partial charge is 0.289 e. The van der Waals surface area contributed by atoms with E-state index in [1.807, 2.05) is 24.3 Å². The van der Waals surface area contributed by atoms with Crippen LogP contribution >= 0.6 is 12.2 Å². The predicted octanol–water partition coefficient (Wildman–Crippen LogP) is 3.98. The maximum atomic E-state index is 5.66. The van der Waals surface area contributed by atoms with E-state index in [0.717, 1.165) is 11.4 Å². The first-order valence-corrected chi connectivity index (χ1v) is 8.76. The van der Waals surface area contributed by atoms with Crippen LogP contribution in [0.3, 0.4) is 0 Å². The normalized spacial score (nSPS) is 10.4. The van der Waals surface area contributed by atoms with E-state index in [9.17, 15) is 0 Å². The summed E-state index contributed by atoms with van der Waals surface area (Å²) >= 11 is 5.29. The van der Waals surface area contributed by atoms with Gasteiger partial charge in [0.1, 0.15) is 12.4 Å². The van der Waals surface area contributed by atoms with E-state index in [1.54, 1.807) is 45.3 Å². The van der Waals surface area contributed by atoms with Crippen molar-refractivity contribution in [1.29, 1.82) is 0 Å². The Labute approximate surface area is 167 Å². The molecule has 0 unspecified atom stereocenters. The lowest BCUT2D eigenvalue weighted by molar-refractivity contribution is 0.324. The fraction of sp³-hybridized carbons (Fsp3) is 0.263. The van der Waals surface area contributed by atoms with E-state index in [0.29, 0.717) is 35.4 Å². The summed E-state index contributed by atoms with van der Waals surface area (Å²) in [6.07, 6.45) is 0. The zero-order valence-corrected chi connectivity index (χ0v) is 16.8. The lowest BCUT2D eigenvalue weighted by Gasteiger charge is -2.12. The molecule has 0 atom stereocenters. The minimum Gasteiger partial charge on any atom is -0.497 e. The lowest BCUT2D eigenvalue weighted by Crippen LogP contribution is -2.09. The standard InChI is InChI=1S/C19H21N3O5S/c1-23-14-7-5-6-13(10-14)20-11-22-19(28)27-18(21-22)12-8-15(24-2)17(26-4)16(9-12)25-3/h5-10,20H,11H2,1-4H3. The van der Waals surface area contributed by atoms with Gasteiger partial charge in [0.25, 0.3) is 4.84 Å². The van der Waals surface area contributed by atoms with Crippen LogP contribution in [0.2, 0.25) is 0 Å². The third kappa shape index (κ3) is 4.04. The van der Waals surface area contributed by atoms with Crippen molar-refractivity contribution in [2.24, 2.45) is 0 Å². The van der Waals surface area contributed by atoms with Crippen LogP contribution in [-0.2, 0) is 6.67 Å². The van der Waals surface area contributed by atoms with Gasteiger partial charge in [-0.15, -0.1) is 5.10 Å². The molecule has 2 aromatic carbocycles. The van der Waals surface area contributed by atoms with Gasteiger partial charge < -0.3 is 28.7 Å². The second-order valence-electron chi connectivity index (χ2n) is 5.65. The molecule has 28 heavy (non-hydrogen) atoms. The van der Waals surface area contributed by atoms with Crippen LogP contribution in [0.5, 0.6) is 23.0 Å². The number of benzene rings is 2. The maximum absolute atomic E-state index is 5.66. The summed E-state index contributed by atoms with van der Waals surface area (Å²) in [5, 5.41) is 7.67. The monoisotopic (exact) mass is 403 g/mol. The molecule has 0 aliphatic carbocycles. The molecule has 0 saturated carbocycles. The molecule has 0 amide bonds. The molecule has 0 spiro atoms. The highest BCUT2D eigenvalue weighted by Crippen LogP contribution is 2.40. The molecule has 3 rings (SSSR count). The molecule has 0 fully saturated rings. The van der Waals surface area contributed by atoms with Gasteiger partial charge in [-0.25, -0.2) is 4.68 Å². The summed E-state index contributed by atoms with van der Waals surface area (Å²) in [5.41, 5.74) is 1.53. The Hall–Kier alpha value is -3.20. The number of nitrogens with zero attached hydrogens (tertiary/aromatic N) is 2. The van der Waals surface area contributed by atoms with Crippen molar-refractivity contribution >= 4 is 17.9 Å². The molecule has 3 aromatic rings. The third-order valence-corrected chi connectivity index (χ3v) is 4.31. The zero-order chi connectivity index (χ0) is 20.1. The molecule has 148 valence electrons. The number of nitrogens with one attached hydrogen (secondary N) is 1. The second-order valence-corrected chi connectivity index (χ2v) is 6.00. The van der Waals surface area contributed by atoms with E-state index in [1.165, 1.54) is 0 Å². The van der Waals surface area contributed by atoms with Gasteiger partial charge in [0, 0.05) is 17.3 Å². The van der Waals surface area contributed by atoms with Crippen LogP contribution < -0.4 is 24.3 Å². The Morgan fingerprint density at radius 2 is 1.71 bits per heavy atom. The van der Waals surface area contributed by atoms with Gasteiger partial charge in [0.15, 0.2) is 11.5 Å². The van der Waals surface area contributed by atoms with E-state index in [-0.39, 0.29) is 4.84 Å². The summed E-state index contributed by atoms with van der Waals surface area (Å²) in [7, 11) is 6.27. The highest BCUT2D eigenvalue weighted by Gasteiger charge is 2.17. The summed E-state index contributed by atoms with van der Waals surface area (Å²) < 4.78 is 28.5. The molecule has 0 aliphatic heterocycles. The van der Waals surface area contributed by atoms with Gasteiger partial charge in [-0.05, 0) is 36.5 Å². The average molecular weight is 403 g/mol.